The fourth-order valence-electron chi connectivity index (χ4n) is 3.12. The van der Waals surface area contributed by atoms with Crippen LogP contribution < -0.4 is 11.0 Å². The maximum absolute atomic E-state index is 12.1. The van der Waals surface area contributed by atoms with Gasteiger partial charge in [-0.05, 0) is 18.6 Å². The fraction of sp³-hybridized carbons (Fsp3) is 0.421. The molecule has 2 heterocycles. The van der Waals surface area contributed by atoms with Gasteiger partial charge in [0.1, 0.15) is 5.82 Å². The Morgan fingerprint density at radius 1 is 1.27 bits per heavy atom. The second-order valence-corrected chi connectivity index (χ2v) is 6.69. The lowest BCUT2D eigenvalue weighted by Gasteiger charge is -2.11. The number of hydrogen-bond acceptors (Lipinski definition) is 3. The van der Waals surface area contributed by atoms with Crippen molar-refractivity contribution in [3.63, 3.8) is 0 Å². The summed E-state index contributed by atoms with van der Waals surface area (Å²) in [6.45, 7) is 6.04. The van der Waals surface area contributed by atoms with Crippen molar-refractivity contribution in [2.75, 3.05) is 6.54 Å². The van der Waals surface area contributed by atoms with Crippen molar-refractivity contribution in [3.05, 3.63) is 53.0 Å². The lowest BCUT2D eigenvalue weighted by molar-refractivity contribution is -0.121. The van der Waals surface area contributed by atoms with Crippen LogP contribution in [-0.2, 0) is 17.9 Å². The van der Waals surface area contributed by atoms with Crippen LogP contribution in [0.1, 0.15) is 38.4 Å². The first kappa shape index (κ1) is 18.0. The van der Waals surface area contributed by atoms with Crippen molar-refractivity contribution in [2.45, 2.75) is 45.7 Å². The van der Waals surface area contributed by atoms with E-state index in [2.05, 4.69) is 33.7 Å². The summed E-state index contributed by atoms with van der Waals surface area (Å²) in [6, 6.07) is 7.49. The number of carbonyl (C=O) groups excluding carboxylic acids is 1. The molecule has 0 aliphatic carbocycles. The summed E-state index contributed by atoms with van der Waals surface area (Å²) >= 11 is 0. The number of aromatic nitrogens is 4. The molecule has 7 heteroatoms. The number of rotatable bonds is 8. The summed E-state index contributed by atoms with van der Waals surface area (Å²) < 4.78 is 3.73. The molecule has 3 aromatic rings. The first-order valence-corrected chi connectivity index (χ1v) is 9.01. The van der Waals surface area contributed by atoms with E-state index in [0.29, 0.717) is 19.0 Å². The highest BCUT2D eigenvalue weighted by Crippen LogP contribution is 2.12. The van der Waals surface area contributed by atoms with Crippen molar-refractivity contribution >= 4 is 16.9 Å². The van der Waals surface area contributed by atoms with Gasteiger partial charge in [0, 0.05) is 44.4 Å². The van der Waals surface area contributed by atoms with Gasteiger partial charge < -0.3 is 14.9 Å². The number of amides is 1. The Balaban J connectivity index is 1.45. The Kier molecular flexibility index (Phi) is 5.55. The molecular weight excluding hydrogens is 330 g/mol. The summed E-state index contributed by atoms with van der Waals surface area (Å²) in [6.07, 6.45) is 4.91. The summed E-state index contributed by atoms with van der Waals surface area (Å²) in [5.74, 6) is 1.40. The highest BCUT2D eigenvalue weighted by Gasteiger charge is 2.09. The Labute approximate surface area is 152 Å². The van der Waals surface area contributed by atoms with Crippen molar-refractivity contribution in [2.24, 2.45) is 0 Å². The minimum absolute atomic E-state index is 0.0445. The SMILES string of the molecule is CC(C)c1nccn1CCCNC(=O)CCn1c(=O)[nH]c2ccccc21. The van der Waals surface area contributed by atoms with Gasteiger partial charge in [-0.15, -0.1) is 0 Å². The fourth-order valence-corrected chi connectivity index (χ4v) is 3.12. The number of hydrogen-bond donors (Lipinski definition) is 2. The molecule has 0 unspecified atom stereocenters. The molecule has 0 atom stereocenters. The van der Waals surface area contributed by atoms with Crippen molar-refractivity contribution in [1.82, 2.24) is 24.4 Å². The molecule has 7 nitrogen and oxygen atoms in total. The second kappa shape index (κ2) is 8.03. The van der Waals surface area contributed by atoms with Crippen LogP contribution in [0.3, 0.4) is 0 Å². The molecule has 2 N–H and O–H groups in total. The molecule has 0 spiro atoms. The standard InChI is InChI=1S/C19H25N5O2/c1-14(2)18-21-10-13-23(18)11-5-9-20-17(25)8-12-24-16-7-4-3-6-15(16)22-19(24)26/h3-4,6-7,10,13-14H,5,8-9,11-12H2,1-2H3,(H,20,25)(H,22,26). The first-order valence-electron chi connectivity index (χ1n) is 9.01. The van der Waals surface area contributed by atoms with Crippen LogP contribution in [0.2, 0.25) is 0 Å². The number of nitrogens with zero attached hydrogens (tertiary/aromatic N) is 3. The summed E-state index contributed by atoms with van der Waals surface area (Å²) in [5, 5.41) is 2.93. The number of imidazole rings is 2. The predicted molar refractivity (Wildman–Crippen MR) is 101 cm³/mol. The average molecular weight is 355 g/mol. The third kappa shape index (κ3) is 4.04. The van der Waals surface area contributed by atoms with Crippen molar-refractivity contribution in [1.29, 1.82) is 0 Å². The largest absolute Gasteiger partial charge is 0.356 e. The van der Waals surface area contributed by atoms with Gasteiger partial charge in [0.15, 0.2) is 0 Å². The zero-order valence-electron chi connectivity index (χ0n) is 15.2. The van der Waals surface area contributed by atoms with E-state index in [1.165, 1.54) is 0 Å². The number of H-pyrrole nitrogens is 1. The second-order valence-electron chi connectivity index (χ2n) is 6.69. The molecule has 3 rings (SSSR count). The molecule has 0 aliphatic heterocycles. The third-order valence-electron chi connectivity index (χ3n) is 4.41. The van der Waals surface area contributed by atoms with Crippen LogP contribution in [-0.4, -0.2) is 31.6 Å². The topological polar surface area (TPSA) is 84.7 Å². The molecule has 1 aromatic carbocycles. The smallest absolute Gasteiger partial charge is 0.326 e. The van der Waals surface area contributed by atoms with Crippen molar-refractivity contribution < 1.29 is 4.79 Å². The van der Waals surface area contributed by atoms with E-state index in [9.17, 15) is 9.59 Å². The van der Waals surface area contributed by atoms with E-state index in [-0.39, 0.29) is 18.0 Å². The Morgan fingerprint density at radius 3 is 2.88 bits per heavy atom. The molecule has 1 amide bonds. The third-order valence-corrected chi connectivity index (χ3v) is 4.41. The summed E-state index contributed by atoms with van der Waals surface area (Å²) in [7, 11) is 0. The zero-order valence-corrected chi connectivity index (χ0v) is 15.2. The van der Waals surface area contributed by atoms with E-state index >= 15 is 0 Å². The molecule has 26 heavy (non-hydrogen) atoms. The molecule has 0 radical (unpaired) electrons. The van der Waals surface area contributed by atoms with Gasteiger partial charge in [-0.3, -0.25) is 9.36 Å². The molecule has 2 aromatic heterocycles. The lowest BCUT2D eigenvalue weighted by Crippen LogP contribution is -2.28. The highest BCUT2D eigenvalue weighted by atomic mass is 16.2. The molecular formula is C19H25N5O2. The molecule has 0 aliphatic rings. The number of benzene rings is 1. The summed E-state index contributed by atoms with van der Waals surface area (Å²) in [4.78, 5) is 31.2. The predicted octanol–water partition coefficient (Wildman–Crippen LogP) is 2.25. The monoisotopic (exact) mass is 355 g/mol. The van der Waals surface area contributed by atoms with E-state index in [0.717, 1.165) is 29.8 Å². The number of fused-ring (bicyclic) bond motifs is 1. The van der Waals surface area contributed by atoms with Gasteiger partial charge >= 0.3 is 5.69 Å². The van der Waals surface area contributed by atoms with Gasteiger partial charge in [-0.2, -0.15) is 0 Å². The zero-order chi connectivity index (χ0) is 18.5. The van der Waals surface area contributed by atoms with Crippen LogP contribution in [0.4, 0.5) is 0 Å². The van der Waals surface area contributed by atoms with E-state index in [4.69, 9.17) is 0 Å². The first-order chi connectivity index (χ1) is 12.6. The number of carbonyl (C=O) groups is 1. The van der Waals surface area contributed by atoms with Crippen LogP contribution in [0, 0.1) is 0 Å². The minimum atomic E-state index is -0.180. The van der Waals surface area contributed by atoms with Gasteiger partial charge in [0.2, 0.25) is 5.91 Å². The Bertz CT molecular complexity index is 935. The summed E-state index contributed by atoms with van der Waals surface area (Å²) in [5.41, 5.74) is 1.44. The van der Waals surface area contributed by atoms with Gasteiger partial charge in [-0.1, -0.05) is 26.0 Å². The maximum atomic E-state index is 12.1. The van der Waals surface area contributed by atoms with Crippen LogP contribution >= 0.6 is 0 Å². The van der Waals surface area contributed by atoms with Crippen LogP contribution in [0.15, 0.2) is 41.5 Å². The normalized spacial score (nSPS) is 11.3. The average Bonchev–Trinajstić information content (AvgIpc) is 3.20. The van der Waals surface area contributed by atoms with Crippen LogP contribution in [0.5, 0.6) is 0 Å². The number of aryl methyl sites for hydroxylation is 2. The molecule has 138 valence electrons. The van der Waals surface area contributed by atoms with Gasteiger partial charge in [-0.25, -0.2) is 9.78 Å². The van der Waals surface area contributed by atoms with E-state index in [1.54, 1.807) is 4.57 Å². The molecule has 0 bridgehead atoms. The maximum Gasteiger partial charge on any atom is 0.326 e. The Hall–Kier alpha value is -2.83. The lowest BCUT2D eigenvalue weighted by atomic mass is 10.2. The molecule has 0 saturated heterocycles. The molecule has 0 fully saturated rings. The van der Waals surface area contributed by atoms with Crippen molar-refractivity contribution in [3.8, 4) is 0 Å². The molecule has 0 saturated carbocycles. The quantitative estimate of drug-likeness (QED) is 0.608. The van der Waals surface area contributed by atoms with Gasteiger partial charge in [0.05, 0.1) is 11.0 Å². The van der Waals surface area contributed by atoms with E-state index in [1.807, 2.05) is 36.7 Å². The van der Waals surface area contributed by atoms with Crippen LogP contribution in [0.25, 0.3) is 11.0 Å². The number of para-hydroxylation sites is 2. The Morgan fingerprint density at radius 2 is 2.08 bits per heavy atom. The number of aromatic amines is 1. The van der Waals surface area contributed by atoms with E-state index < -0.39 is 0 Å². The minimum Gasteiger partial charge on any atom is -0.356 e. The highest BCUT2D eigenvalue weighted by molar-refractivity contribution is 5.77. The number of nitrogens with one attached hydrogen (secondary N) is 2. The van der Waals surface area contributed by atoms with Gasteiger partial charge in [0.25, 0.3) is 0 Å².